The van der Waals surface area contributed by atoms with Crippen LogP contribution < -0.4 is 4.90 Å². The van der Waals surface area contributed by atoms with Crippen molar-refractivity contribution in [3.63, 3.8) is 0 Å². The Hall–Kier alpha value is -0.320. The van der Waals surface area contributed by atoms with Gasteiger partial charge in [0.1, 0.15) is 19.6 Å². The number of aliphatic hydroxyl groups excluding tert-OH is 6. The highest BCUT2D eigenvalue weighted by Gasteiger charge is 2.04. The highest BCUT2D eigenvalue weighted by Crippen LogP contribution is 1.84. The van der Waals surface area contributed by atoms with E-state index in [1.165, 1.54) is 0 Å². The Labute approximate surface area is 122 Å². The fraction of sp³-hybridized carbons (Fsp3) is 1.00. The number of rotatable bonds is 12. The van der Waals surface area contributed by atoms with Crippen LogP contribution in [0.25, 0.3) is 0 Å². The third-order valence-electron chi connectivity index (χ3n) is 2.64. The van der Waals surface area contributed by atoms with E-state index in [1.807, 2.05) is 0 Å². The molecule has 0 spiro atoms. The molecule has 0 aliphatic heterocycles. The van der Waals surface area contributed by atoms with Gasteiger partial charge in [-0.1, -0.05) is 0 Å². The van der Waals surface area contributed by atoms with Crippen LogP contribution in [0.1, 0.15) is 1.43 Å². The molecule has 124 valence electrons. The van der Waals surface area contributed by atoms with Crippen LogP contribution in [0.15, 0.2) is 0 Å². The van der Waals surface area contributed by atoms with Gasteiger partial charge in [0, 0.05) is 19.6 Å². The predicted molar refractivity (Wildman–Crippen MR) is 75.6 cm³/mol. The number of hydrogen-bond acceptors (Lipinski definition) is 7. The topological polar surface area (TPSA) is 129 Å². The lowest BCUT2D eigenvalue weighted by Crippen LogP contribution is -3.13. The molecule has 0 saturated carbocycles. The van der Waals surface area contributed by atoms with Crippen molar-refractivity contribution in [3.8, 4) is 0 Å². The minimum atomic E-state index is 0. The van der Waals surface area contributed by atoms with Crippen LogP contribution in [0.4, 0.5) is 0 Å². The number of hydrogen-bond donors (Lipinski definition) is 7. The minimum Gasteiger partial charge on any atom is -0.395 e. The van der Waals surface area contributed by atoms with E-state index in [0.29, 0.717) is 39.3 Å². The van der Waals surface area contributed by atoms with Gasteiger partial charge in [-0.25, -0.2) is 0 Å². The van der Waals surface area contributed by atoms with E-state index in [4.69, 9.17) is 30.6 Å². The highest BCUT2D eigenvalue weighted by molar-refractivity contribution is 4.54. The molecule has 0 aliphatic carbocycles. The van der Waals surface area contributed by atoms with Gasteiger partial charge >= 0.3 is 1.43 Å². The fourth-order valence-electron chi connectivity index (χ4n) is 1.61. The first-order chi connectivity index (χ1) is 9.69. The third-order valence-corrected chi connectivity index (χ3v) is 2.64. The second-order valence-electron chi connectivity index (χ2n) is 4.18. The molecular formula is C12H32N2O6+2. The molecule has 0 heterocycles. The Morgan fingerprint density at radius 2 is 0.850 bits per heavy atom. The molecule has 0 fully saturated rings. The largest absolute Gasteiger partial charge is 1.00 e. The molecule has 8 nitrogen and oxygen atoms in total. The van der Waals surface area contributed by atoms with Crippen LogP contribution in [0.3, 0.4) is 0 Å². The first-order valence-electron chi connectivity index (χ1n) is 6.91. The van der Waals surface area contributed by atoms with Gasteiger partial charge in [0.15, 0.2) is 0 Å². The zero-order valence-corrected chi connectivity index (χ0v) is 12.1. The lowest BCUT2D eigenvalue weighted by molar-refractivity contribution is -0.901. The highest BCUT2D eigenvalue weighted by atomic mass is 16.3. The Balaban J connectivity index is -0.000000295. The summed E-state index contributed by atoms with van der Waals surface area (Å²) in [5, 5.41) is 51.0. The number of aliphatic hydroxyl groups is 6. The van der Waals surface area contributed by atoms with Crippen LogP contribution in [0.5, 0.6) is 0 Å². The zero-order chi connectivity index (χ0) is 15.6. The molecule has 0 radical (unpaired) electrons. The predicted octanol–water partition coefficient (Wildman–Crippen LogP) is -4.77. The first-order valence-corrected chi connectivity index (χ1v) is 6.91. The molecule has 0 aromatic carbocycles. The summed E-state index contributed by atoms with van der Waals surface area (Å²) >= 11 is 0. The molecular weight excluding hydrogens is 268 g/mol. The summed E-state index contributed by atoms with van der Waals surface area (Å²) in [6, 6.07) is 0. The Bertz CT molecular complexity index is 135. The zero-order valence-electron chi connectivity index (χ0n) is 13.1. The summed E-state index contributed by atoms with van der Waals surface area (Å²) < 4.78 is 0. The number of quaternary nitrogens is 1. The molecule has 0 aliphatic rings. The van der Waals surface area contributed by atoms with Gasteiger partial charge in [0.25, 0.3) is 0 Å². The first kappa shape index (κ1) is 22.0. The van der Waals surface area contributed by atoms with Crippen molar-refractivity contribution >= 4 is 0 Å². The van der Waals surface area contributed by atoms with Gasteiger partial charge in [-0.15, -0.1) is 0 Å². The van der Waals surface area contributed by atoms with Gasteiger partial charge in [-0.3, -0.25) is 4.90 Å². The maximum atomic E-state index is 8.51. The van der Waals surface area contributed by atoms with Crippen molar-refractivity contribution in [2.45, 2.75) is 0 Å². The van der Waals surface area contributed by atoms with Crippen molar-refractivity contribution in [1.82, 2.24) is 4.90 Å². The van der Waals surface area contributed by atoms with Gasteiger partial charge in [-0.05, 0) is 0 Å². The van der Waals surface area contributed by atoms with Crippen molar-refractivity contribution < 1.29 is 37.0 Å². The van der Waals surface area contributed by atoms with Gasteiger partial charge in [0.2, 0.25) is 0 Å². The van der Waals surface area contributed by atoms with Crippen molar-refractivity contribution in [2.24, 2.45) is 0 Å². The van der Waals surface area contributed by atoms with Crippen LogP contribution in [-0.4, -0.2) is 114 Å². The lowest BCUT2D eigenvalue weighted by Gasteiger charge is -2.17. The Morgan fingerprint density at radius 3 is 1.05 bits per heavy atom. The van der Waals surface area contributed by atoms with Gasteiger partial charge < -0.3 is 35.5 Å². The van der Waals surface area contributed by atoms with Crippen LogP contribution in [0.2, 0.25) is 0 Å². The molecule has 20 heavy (non-hydrogen) atoms. The molecule has 8 heteroatoms. The Kier molecular flexibility index (Phi) is 20.5. The van der Waals surface area contributed by atoms with E-state index in [-0.39, 0.29) is 41.1 Å². The van der Waals surface area contributed by atoms with Crippen molar-refractivity contribution in [3.05, 3.63) is 0 Å². The summed E-state index contributed by atoms with van der Waals surface area (Å²) in [4.78, 5) is 2.83. The van der Waals surface area contributed by atoms with Gasteiger partial charge in [0.05, 0.1) is 39.6 Å². The lowest BCUT2D eigenvalue weighted by atomic mass is 10.4. The van der Waals surface area contributed by atoms with E-state index in [2.05, 4.69) is 0 Å². The molecule has 0 aromatic heterocycles. The summed E-state index contributed by atoms with van der Waals surface area (Å²) in [7, 11) is 0. The second-order valence-corrected chi connectivity index (χ2v) is 4.18. The third kappa shape index (κ3) is 15.7. The smallest absolute Gasteiger partial charge is 0.395 e. The average molecular weight is 300 g/mol. The molecule has 0 aromatic rings. The Morgan fingerprint density at radius 1 is 0.550 bits per heavy atom. The van der Waals surface area contributed by atoms with E-state index >= 15 is 0 Å². The average Bonchev–Trinajstić information content (AvgIpc) is 2.41. The van der Waals surface area contributed by atoms with E-state index < -0.39 is 0 Å². The molecule has 0 saturated heterocycles. The summed E-state index contributed by atoms with van der Waals surface area (Å²) in [5.74, 6) is 0. The molecule has 0 rings (SSSR count). The van der Waals surface area contributed by atoms with Crippen LogP contribution in [-0.2, 0) is 0 Å². The maximum absolute atomic E-state index is 8.51. The van der Waals surface area contributed by atoms with E-state index in [9.17, 15) is 0 Å². The summed E-state index contributed by atoms with van der Waals surface area (Å²) in [6.45, 7) is 3.87. The van der Waals surface area contributed by atoms with Crippen molar-refractivity contribution in [1.29, 1.82) is 0 Å². The monoisotopic (exact) mass is 300 g/mol. The fourth-order valence-corrected chi connectivity index (χ4v) is 1.61. The standard InChI is InChI=1S/2C6H15NO3/c2*8-4-1-7(2-5-9)3-6-10/h2*8-10H,1-6H2/p+2. The molecule has 0 atom stereocenters. The van der Waals surface area contributed by atoms with E-state index in [0.717, 1.165) is 4.90 Å². The minimum absolute atomic E-state index is 0. The number of nitrogens with zero attached hydrogens (tertiary/aromatic N) is 1. The molecule has 0 amide bonds. The van der Waals surface area contributed by atoms with Gasteiger partial charge in [-0.2, -0.15) is 0 Å². The SMILES string of the molecule is OCCN(CCO)CCO.OCC[NH+](CCO)CCO.[H+]. The quantitative estimate of drug-likeness (QED) is 0.193. The van der Waals surface area contributed by atoms with E-state index in [1.54, 1.807) is 4.90 Å². The molecule has 0 unspecified atom stereocenters. The molecule has 7 N–H and O–H groups in total. The second kappa shape index (κ2) is 18.7. The van der Waals surface area contributed by atoms with Crippen LogP contribution in [0, 0.1) is 0 Å². The summed E-state index contributed by atoms with van der Waals surface area (Å²) in [6.07, 6.45) is 0. The number of nitrogens with one attached hydrogen (secondary N) is 1. The van der Waals surface area contributed by atoms with Crippen LogP contribution >= 0.6 is 0 Å². The summed E-state index contributed by atoms with van der Waals surface area (Å²) in [5.41, 5.74) is 0. The maximum Gasteiger partial charge on any atom is 1.00 e. The molecule has 0 bridgehead atoms. The van der Waals surface area contributed by atoms with Crippen molar-refractivity contribution in [2.75, 3.05) is 78.9 Å². The normalized spacial score (nSPS) is 10.8.